The summed E-state index contributed by atoms with van der Waals surface area (Å²) in [5, 5.41) is 15.7. The summed E-state index contributed by atoms with van der Waals surface area (Å²) < 4.78 is 16.0. The van der Waals surface area contributed by atoms with E-state index in [-0.39, 0.29) is 5.56 Å². The Bertz CT molecular complexity index is 923. The minimum absolute atomic E-state index is 0.215. The Balaban J connectivity index is 2.17. The van der Waals surface area contributed by atoms with Gasteiger partial charge in [-0.15, -0.1) is 0 Å². The number of hydrogen-bond acceptors (Lipinski definition) is 3. The van der Waals surface area contributed by atoms with E-state index in [0.29, 0.717) is 17.1 Å². The SMILES string of the molecule is CN(C)Cc1cnn(C)c1-c1ccc(Cl)cc1C(O)c1ccccc1F. The summed E-state index contributed by atoms with van der Waals surface area (Å²) in [6.07, 6.45) is 0.676. The van der Waals surface area contributed by atoms with Crippen molar-refractivity contribution in [1.29, 1.82) is 0 Å². The first-order valence-corrected chi connectivity index (χ1v) is 8.64. The van der Waals surface area contributed by atoms with Crippen LogP contribution in [0, 0.1) is 5.82 Å². The van der Waals surface area contributed by atoms with Crippen molar-refractivity contribution in [1.82, 2.24) is 14.7 Å². The summed E-state index contributed by atoms with van der Waals surface area (Å²) in [6.45, 7) is 0.695. The second-order valence-corrected chi connectivity index (χ2v) is 6.97. The van der Waals surface area contributed by atoms with Gasteiger partial charge in [-0.1, -0.05) is 35.9 Å². The highest BCUT2D eigenvalue weighted by Crippen LogP contribution is 2.36. The van der Waals surface area contributed by atoms with Crippen LogP contribution in [0.25, 0.3) is 11.3 Å². The minimum atomic E-state index is -1.13. The molecule has 0 saturated carbocycles. The molecule has 0 fully saturated rings. The molecule has 1 heterocycles. The molecule has 0 saturated heterocycles. The fourth-order valence-corrected chi connectivity index (χ4v) is 3.31. The van der Waals surface area contributed by atoms with Gasteiger partial charge in [0.2, 0.25) is 0 Å². The Morgan fingerprint density at radius 1 is 1.19 bits per heavy atom. The molecule has 0 radical (unpaired) electrons. The molecular weight excluding hydrogens is 353 g/mol. The van der Waals surface area contributed by atoms with Crippen molar-refractivity contribution in [3.63, 3.8) is 0 Å². The van der Waals surface area contributed by atoms with Crippen molar-refractivity contribution >= 4 is 11.6 Å². The maximum atomic E-state index is 14.2. The lowest BCUT2D eigenvalue weighted by atomic mass is 9.93. The predicted octanol–water partition coefficient (Wildman–Crippen LogP) is 4.02. The summed E-state index contributed by atoms with van der Waals surface area (Å²) in [6, 6.07) is 11.5. The van der Waals surface area contributed by atoms with Crippen LogP contribution in [0.3, 0.4) is 0 Å². The third-order valence-corrected chi connectivity index (χ3v) is 4.50. The number of halogens is 2. The average Bonchev–Trinajstić information content (AvgIpc) is 2.94. The zero-order chi connectivity index (χ0) is 18.8. The molecule has 2 aromatic carbocycles. The van der Waals surface area contributed by atoms with Gasteiger partial charge in [-0.05, 0) is 37.9 Å². The molecule has 1 aromatic heterocycles. The van der Waals surface area contributed by atoms with Crippen molar-refractivity contribution in [3.8, 4) is 11.3 Å². The molecule has 3 aromatic rings. The molecule has 0 aliphatic rings. The van der Waals surface area contributed by atoms with Gasteiger partial charge >= 0.3 is 0 Å². The first kappa shape index (κ1) is 18.6. The van der Waals surface area contributed by atoms with Gasteiger partial charge in [-0.3, -0.25) is 4.68 Å². The zero-order valence-corrected chi connectivity index (χ0v) is 15.7. The molecule has 1 unspecified atom stereocenters. The van der Waals surface area contributed by atoms with Crippen molar-refractivity contribution in [2.75, 3.05) is 14.1 Å². The van der Waals surface area contributed by atoms with E-state index in [0.717, 1.165) is 16.8 Å². The molecule has 0 spiro atoms. The molecule has 0 amide bonds. The van der Waals surface area contributed by atoms with Gasteiger partial charge in [0.05, 0.1) is 11.9 Å². The van der Waals surface area contributed by atoms with Crippen molar-refractivity contribution in [2.24, 2.45) is 7.05 Å². The lowest BCUT2D eigenvalue weighted by molar-refractivity contribution is 0.215. The van der Waals surface area contributed by atoms with Gasteiger partial charge in [-0.25, -0.2) is 4.39 Å². The van der Waals surface area contributed by atoms with Gasteiger partial charge in [0, 0.05) is 35.3 Å². The van der Waals surface area contributed by atoms with E-state index in [4.69, 9.17) is 11.6 Å². The number of nitrogens with zero attached hydrogens (tertiary/aromatic N) is 3. The number of aryl methyl sites for hydroxylation is 1. The number of benzene rings is 2. The Labute approximate surface area is 157 Å². The van der Waals surface area contributed by atoms with Crippen LogP contribution in [0.1, 0.15) is 22.8 Å². The second kappa shape index (κ2) is 7.58. The molecule has 0 bridgehead atoms. The first-order valence-electron chi connectivity index (χ1n) is 8.26. The van der Waals surface area contributed by atoms with E-state index in [9.17, 15) is 9.50 Å². The second-order valence-electron chi connectivity index (χ2n) is 6.54. The van der Waals surface area contributed by atoms with Crippen molar-refractivity contribution in [3.05, 3.63) is 76.2 Å². The van der Waals surface area contributed by atoms with Crippen LogP contribution < -0.4 is 0 Å². The molecular formula is C20H21ClFN3O. The van der Waals surface area contributed by atoms with Crippen LogP contribution in [-0.4, -0.2) is 33.9 Å². The maximum Gasteiger partial charge on any atom is 0.129 e. The maximum absolute atomic E-state index is 14.2. The third-order valence-electron chi connectivity index (χ3n) is 4.26. The van der Waals surface area contributed by atoms with Crippen LogP contribution in [0.15, 0.2) is 48.7 Å². The quantitative estimate of drug-likeness (QED) is 0.734. The zero-order valence-electron chi connectivity index (χ0n) is 14.9. The van der Waals surface area contributed by atoms with E-state index in [1.807, 2.05) is 38.3 Å². The Hall–Kier alpha value is -2.21. The van der Waals surface area contributed by atoms with E-state index in [2.05, 4.69) is 5.10 Å². The van der Waals surface area contributed by atoms with Gasteiger partial charge in [0.1, 0.15) is 11.9 Å². The Morgan fingerprint density at radius 3 is 2.62 bits per heavy atom. The molecule has 3 rings (SSSR count). The van der Waals surface area contributed by atoms with Crippen molar-refractivity contribution in [2.45, 2.75) is 12.6 Å². The van der Waals surface area contributed by atoms with Crippen LogP contribution in [0.2, 0.25) is 5.02 Å². The lowest BCUT2D eigenvalue weighted by Gasteiger charge is -2.19. The molecule has 26 heavy (non-hydrogen) atoms. The van der Waals surface area contributed by atoms with Gasteiger partial charge in [0.15, 0.2) is 0 Å². The monoisotopic (exact) mass is 373 g/mol. The number of rotatable bonds is 5. The summed E-state index contributed by atoms with van der Waals surface area (Å²) >= 11 is 6.18. The number of hydrogen-bond donors (Lipinski definition) is 1. The van der Waals surface area contributed by atoms with Crippen LogP contribution >= 0.6 is 11.6 Å². The summed E-state index contributed by atoms with van der Waals surface area (Å²) in [4.78, 5) is 2.05. The topological polar surface area (TPSA) is 41.3 Å². The fourth-order valence-electron chi connectivity index (χ4n) is 3.13. The highest BCUT2D eigenvalue weighted by Gasteiger charge is 2.22. The average molecular weight is 374 g/mol. The van der Waals surface area contributed by atoms with E-state index in [1.165, 1.54) is 6.07 Å². The number of aliphatic hydroxyl groups is 1. The largest absolute Gasteiger partial charge is 0.384 e. The highest BCUT2D eigenvalue weighted by atomic mass is 35.5. The molecule has 1 atom stereocenters. The number of aromatic nitrogens is 2. The molecule has 6 heteroatoms. The highest BCUT2D eigenvalue weighted by molar-refractivity contribution is 6.30. The van der Waals surface area contributed by atoms with Crippen LogP contribution in [0.4, 0.5) is 4.39 Å². The third kappa shape index (κ3) is 3.65. The normalized spacial score (nSPS) is 12.6. The smallest absolute Gasteiger partial charge is 0.129 e. The van der Waals surface area contributed by atoms with Gasteiger partial charge in [-0.2, -0.15) is 5.10 Å². The van der Waals surface area contributed by atoms with Gasteiger partial charge in [0.25, 0.3) is 0 Å². The lowest BCUT2D eigenvalue weighted by Crippen LogP contribution is -2.12. The summed E-state index contributed by atoms with van der Waals surface area (Å²) in [5.41, 5.74) is 3.43. The molecule has 4 nitrogen and oxygen atoms in total. The number of aliphatic hydroxyl groups excluding tert-OH is 1. The molecule has 0 aliphatic carbocycles. The van der Waals surface area contributed by atoms with E-state index >= 15 is 0 Å². The summed E-state index contributed by atoms with van der Waals surface area (Å²) in [7, 11) is 5.81. The first-order chi connectivity index (χ1) is 12.4. The minimum Gasteiger partial charge on any atom is -0.384 e. The molecule has 136 valence electrons. The standard InChI is InChI=1S/C20H21ClFN3O/c1-24(2)12-13-11-23-25(3)19(13)15-9-8-14(21)10-17(15)20(26)16-6-4-5-7-18(16)22/h4-11,20,26H,12H2,1-3H3. The van der Waals surface area contributed by atoms with Crippen LogP contribution in [-0.2, 0) is 13.6 Å². The predicted molar refractivity (Wildman–Crippen MR) is 102 cm³/mol. The van der Waals surface area contributed by atoms with Crippen LogP contribution in [0.5, 0.6) is 0 Å². The van der Waals surface area contributed by atoms with Crippen molar-refractivity contribution < 1.29 is 9.50 Å². The van der Waals surface area contributed by atoms with E-state index in [1.54, 1.807) is 35.0 Å². The molecule has 1 N–H and O–H groups in total. The Kier molecular flexibility index (Phi) is 5.41. The van der Waals surface area contributed by atoms with Gasteiger partial charge < -0.3 is 10.0 Å². The van der Waals surface area contributed by atoms with E-state index < -0.39 is 11.9 Å². The summed E-state index contributed by atoms with van der Waals surface area (Å²) in [5.74, 6) is -0.454. The molecule has 0 aliphatic heterocycles. The fraction of sp³-hybridized carbons (Fsp3) is 0.250. The Morgan fingerprint density at radius 2 is 1.92 bits per heavy atom.